The second kappa shape index (κ2) is 6.02. The fraction of sp³-hybridized carbons (Fsp3) is 0.750. The van der Waals surface area contributed by atoms with Crippen LogP contribution in [0.25, 0.3) is 0 Å². The van der Waals surface area contributed by atoms with Crippen LogP contribution in [0.4, 0.5) is 0 Å². The van der Waals surface area contributed by atoms with Gasteiger partial charge in [-0.25, -0.2) is 0 Å². The van der Waals surface area contributed by atoms with Gasteiger partial charge in [0, 0.05) is 13.7 Å². The van der Waals surface area contributed by atoms with Gasteiger partial charge in [-0.3, -0.25) is 4.68 Å². The van der Waals surface area contributed by atoms with Gasteiger partial charge in [0.25, 0.3) is 0 Å². The first-order valence-electron chi connectivity index (χ1n) is 6.15. The molecule has 1 N–H and O–H groups in total. The summed E-state index contributed by atoms with van der Waals surface area (Å²) < 4.78 is 12.3. The van der Waals surface area contributed by atoms with E-state index in [1.807, 2.05) is 0 Å². The summed E-state index contributed by atoms with van der Waals surface area (Å²) in [5, 5.41) is 15.1. The van der Waals surface area contributed by atoms with Crippen LogP contribution in [0.2, 0.25) is 5.02 Å². The van der Waals surface area contributed by atoms with E-state index in [-0.39, 0.29) is 6.10 Å². The number of hydrogen-bond donors (Lipinski definition) is 1. The third-order valence-corrected chi connectivity index (χ3v) is 3.67. The number of methoxy groups -OCH3 is 1. The van der Waals surface area contributed by atoms with E-state index in [4.69, 9.17) is 21.1 Å². The molecule has 6 heteroatoms. The highest BCUT2D eigenvalue weighted by Gasteiger charge is 2.34. The normalized spacial score (nSPS) is 25.6. The Bertz CT molecular complexity index is 397. The van der Waals surface area contributed by atoms with Gasteiger partial charge in [0.05, 0.1) is 36.2 Å². The van der Waals surface area contributed by atoms with Crippen LogP contribution in [0, 0.1) is 5.92 Å². The Morgan fingerprint density at radius 2 is 2.50 bits per heavy atom. The number of halogens is 1. The Morgan fingerprint density at radius 3 is 3.11 bits per heavy atom. The van der Waals surface area contributed by atoms with Crippen molar-refractivity contribution in [3.05, 3.63) is 16.9 Å². The first kappa shape index (κ1) is 13.8. The van der Waals surface area contributed by atoms with Gasteiger partial charge < -0.3 is 14.6 Å². The van der Waals surface area contributed by atoms with Crippen LogP contribution in [0.15, 0.2) is 6.20 Å². The van der Waals surface area contributed by atoms with Crippen LogP contribution in [-0.4, -0.2) is 41.3 Å². The van der Waals surface area contributed by atoms with E-state index >= 15 is 0 Å². The number of rotatable bonds is 5. The lowest BCUT2D eigenvalue weighted by atomic mass is 9.97. The molecule has 1 aromatic rings. The summed E-state index contributed by atoms with van der Waals surface area (Å²) in [6, 6.07) is 0. The van der Waals surface area contributed by atoms with Crippen molar-refractivity contribution in [1.29, 1.82) is 0 Å². The fourth-order valence-corrected chi connectivity index (χ4v) is 2.55. The minimum atomic E-state index is -0.741. The highest BCUT2D eigenvalue weighted by molar-refractivity contribution is 6.31. The van der Waals surface area contributed by atoms with Crippen molar-refractivity contribution in [2.24, 2.45) is 5.92 Å². The molecule has 2 heterocycles. The van der Waals surface area contributed by atoms with E-state index in [0.717, 1.165) is 6.42 Å². The zero-order valence-corrected chi connectivity index (χ0v) is 11.4. The molecular weight excluding hydrogens is 256 g/mol. The topological polar surface area (TPSA) is 56.5 Å². The van der Waals surface area contributed by atoms with Gasteiger partial charge in [-0.2, -0.15) is 5.10 Å². The van der Waals surface area contributed by atoms with Crippen molar-refractivity contribution in [1.82, 2.24) is 9.78 Å². The molecule has 0 saturated carbocycles. The summed E-state index contributed by atoms with van der Waals surface area (Å²) in [4.78, 5) is 0. The van der Waals surface area contributed by atoms with Gasteiger partial charge in [0.2, 0.25) is 0 Å². The SMILES string of the molecule is COCCn1ncc(Cl)c1C(O)C1OCCC1C. The second-order valence-electron chi connectivity index (χ2n) is 4.64. The highest BCUT2D eigenvalue weighted by Crippen LogP contribution is 2.34. The minimum Gasteiger partial charge on any atom is -0.384 e. The van der Waals surface area contributed by atoms with Crippen LogP contribution < -0.4 is 0 Å². The summed E-state index contributed by atoms with van der Waals surface area (Å²) >= 11 is 6.11. The molecule has 1 aliphatic heterocycles. The van der Waals surface area contributed by atoms with Gasteiger partial charge in [-0.05, 0) is 12.3 Å². The minimum absolute atomic E-state index is 0.208. The number of aromatic nitrogens is 2. The van der Waals surface area contributed by atoms with Crippen LogP contribution in [-0.2, 0) is 16.0 Å². The fourth-order valence-electron chi connectivity index (χ4n) is 2.30. The maximum absolute atomic E-state index is 10.4. The molecule has 3 unspecified atom stereocenters. The Labute approximate surface area is 112 Å². The molecule has 5 nitrogen and oxygen atoms in total. The molecule has 1 aliphatic rings. The monoisotopic (exact) mass is 274 g/mol. The van der Waals surface area contributed by atoms with E-state index in [1.54, 1.807) is 18.0 Å². The maximum Gasteiger partial charge on any atom is 0.123 e. The Balaban J connectivity index is 2.17. The molecule has 0 aliphatic carbocycles. The van der Waals surface area contributed by atoms with Gasteiger partial charge >= 0.3 is 0 Å². The van der Waals surface area contributed by atoms with Crippen molar-refractivity contribution < 1.29 is 14.6 Å². The molecule has 0 aromatic carbocycles. The lowest BCUT2D eigenvalue weighted by molar-refractivity contribution is -0.0223. The predicted molar refractivity (Wildman–Crippen MR) is 67.6 cm³/mol. The van der Waals surface area contributed by atoms with Crippen LogP contribution in [0.5, 0.6) is 0 Å². The van der Waals surface area contributed by atoms with Crippen molar-refractivity contribution >= 4 is 11.6 Å². The predicted octanol–water partition coefficient (Wildman–Crippen LogP) is 1.64. The van der Waals surface area contributed by atoms with Crippen molar-refractivity contribution in [2.75, 3.05) is 20.3 Å². The maximum atomic E-state index is 10.4. The molecule has 0 radical (unpaired) electrons. The van der Waals surface area contributed by atoms with Gasteiger partial charge in [-0.15, -0.1) is 0 Å². The molecule has 2 rings (SSSR count). The standard InChI is InChI=1S/C12H19ClN2O3/c1-8-3-5-18-12(8)11(16)10-9(13)7-14-15(10)4-6-17-2/h7-8,11-12,16H,3-6H2,1-2H3. The van der Waals surface area contributed by atoms with E-state index in [2.05, 4.69) is 12.0 Å². The summed E-state index contributed by atoms with van der Waals surface area (Å²) in [6.45, 7) is 3.85. The molecule has 102 valence electrons. The first-order valence-corrected chi connectivity index (χ1v) is 6.52. The van der Waals surface area contributed by atoms with Crippen molar-refractivity contribution in [3.8, 4) is 0 Å². The average Bonchev–Trinajstić information content (AvgIpc) is 2.92. The molecule has 0 amide bonds. The number of aliphatic hydroxyl groups excluding tert-OH is 1. The van der Waals surface area contributed by atoms with Crippen LogP contribution in [0.3, 0.4) is 0 Å². The van der Waals surface area contributed by atoms with E-state index < -0.39 is 6.10 Å². The Kier molecular flexibility index (Phi) is 4.61. The van der Waals surface area contributed by atoms with E-state index in [0.29, 0.717) is 36.4 Å². The highest BCUT2D eigenvalue weighted by atomic mass is 35.5. The molecule has 1 fully saturated rings. The summed E-state index contributed by atoms with van der Waals surface area (Å²) in [5.74, 6) is 0.321. The zero-order valence-electron chi connectivity index (χ0n) is 10.7. The van der Waals surface area contributed by atoms with Gasteiger partial charge in [0.1, 0.15) is 6.10 Å². The Morgan fingerprint density at radius 1 is 1.72 bits per heavy atom. The first-order chi connectivity index (χ1) is 8.65. The molecule has 1 saturated heterocycles. The van der Waals surface area contributed by atoms with Gasteiger partial charge in [0.15, 0.2) is 0 Å². The smallest absolute Gasteiger partial charge is 0.123 e. The summed E-state index contributed by atoms with van der Waals surface area (Å²) in [6.07, 6.45) is 1.57. The number of aliphatic hydroxyl groups is 1. The van der Waals surface area contributed by atoms with Crippen LogP contribution in [0.1, 0.15) is 25.1 Å². The van der Waals surface area contributed by atoms with E-state index in [9.17, 15) is 5.11 Å². The largest absolute Gasteiger partial charge is 0.384 e. The molecule has 3 atom stereocenters. The average molecular weight is 275 g/mol. The van der Waals surface area contributed by atoms with Crippen molar-refractivity contribution in [3.63, 3.8) is 0 Å². The molecule has 0 spiro atoms. The van der Waals surface area contributed by atoms with E-state index in [1.165, 1.54) is 0 Å². The third-order valence-electron chi connectivity index (χ3n) is 3.38. The number of ether oxygens (including phenoxy) is 2. The van der Waals surface area contributed by atoms with Gasteiger partial charge in [-0.1, -0.05) is 18.5 Å². The van der Waals surface area contributed by atoms with Crippen LogP contribution >= 0.6 is 11.6 Å². The zero-order chi connectivity index (χ0) is 13.1. The number of hydrogen-bond acceptors (Lipinski definition) is 4. The number of nitrogens with zero attached hydrogens (tertiary/aromatic N) is 2. The lowest BCUT2D eigenvalue weighted by Crippen LogP contribution is -2.26. The summed E-state index contributed by atoms with van der Waals surface area (Å²) in [7, 11) is 1.63. The molecule has 0 bridgehead atoms. The summed E-state index contributed by atoms with van der Waals surface area (Å²) in [5.41, 5.74) is 0.618. The lowest BCUT2D eigenvalue weighted by Gasteiger charge is -2.22. The molecule has 18 heavy (non-hydrogen) atoms. The molecular formula is C12H19ClN2O3. The van der Waals surface area contributed by atoms with Crippen molar-refractivity contribution in [2.45, 2.75) is 32.1 Å². The quantitative estimate of drug-likeness (QED) is 0.887. The second-order valence-corrected chi connectivity index (χ2v) is 5.05. The molecule has 1 aromatic heterocycles. The Hall–Kier alpha value is -0.620. The third kappa shape index (κ3) is 2.69.